The van der Waals surface area contributed by atoms with Crippen LogP contribution in [0.25, 0.3) is 0 Å². The lowest BCUT2D eigenvalue weighted by molar-refractivity contribution is 0.00411. The first-order valence-corrected chi connectivity index (χ1v) is 8.77. The number of hydrogen-bond donors (Lipinski definition) is 1. The standard InChI is InChI=1S/C17H20BrNO4/c18-14-8-12(7-13(9-14)17(21)22)16(20)19-5-3-15(4-6-19)23-10-11-1-2-11/h7-9,11,15H,1-6,10H2,(H,21,22). The lowest BCUT2D eigenvalue weighted by Gasteiger charge is -2.32. The van der Waals surface area contributed by atoms with Crippen molar-refractivity contribution in [2.75, 3.05) is 19.7 Å². The third-order valence-electron chi connectivity index (χ3n) is 4.39. The van der Waals surface area contributed by atoms with Gasteiger partial charge in [-0.3, -0.25) is 4.79 Å². The first-order valence-electron chi connectivity index (χ1n) is 7.97. The topological polar surface area (TPSA) is 66.8 Å². The number of carboxylic acids is 1. The second-order valence-corrected chi connectivity index (χ2v) is 7.22. The number of benzene rings is 1. The Labute approximate surface area is 143 Å². The Hall–Kier alpha value is -1.40. The van der Waals surface area contributed by atoms with Crippen LogP contribution in [0, 0.1) is 5.92 Å². The number of rotatable bonds is 5. The number of aromatic carboxylic acids is 1. The van der Waals surface area contributed by atoms with Gasteiger partial charge in [0.15, 0.2) is 0 Å². The van der Waals surface area contributed by atoms with Crippen molar-refractivity contribution in [1.29, 1.82) is 0 Å². The molecule has 1 aliphatic carbocycles. The zero-order chi connectivity index (χ0) is 16.4. The fourth-order valence-electron chi connectivity index (χ4n) is 2.80. The number of amides is 1. The van der Waals surface area contributed by atoms with Crippen LogP contribution in [0.15, 0.2) is 22.7 Å². The largest absolute Gasteiger partial charge is 0.478 e. The summed E-state index contributed by atoms with van der Waals surface area (Å²) in [4.78, 5) is 25.5. The van der Waals surface area contributed by atoms with Gasteiger partial charge >= 0.3 is 5.97 Å². The summed E-state index contributed by atoms with van der Waals surface area (Å²) in [6, 6.07) is 4.60. The van der Waals surface area contributed by atoms with Crippen LogP contribution in [-0.4, -0.2) is 47.7 Å². The number of hydrogen-bond acceptors (Lipinski definition) is 3. The van der Waals surface area contributed by atoms with Crippen molar-refractivity contribution in [3.05, 3.63) is 33.8 Å². The normalized spacial score (nSPS) is 18.9. The van der Waals surface area contributed by atoms with E-state index in [9.17, 15) is 9.59 Å². The van der Waals surface area contributed by atoms with E-state index < -0.39 is 5.97 Å². The van der Waals surface area contributed by atoms with Crippen LogP contribution >= 0.6 is 15.9 Å². The maximum Gasteiger partial charge on any atom is 0.335 e. The number of nitrogens with zero attached hydrogens (tertiary/aromatic N) is 1. The molecule has 1 N–H and O–H groups in total. The predicted octanol–water partition coefficient (Wildman–Crippen LogP) is 3.18. The number of halogens is 1. The number of piperidine rings is 1. The molecule has 1 heterocycles. The summed E-state index contributed by atoms with van der Waals surface area (Å²) in [5.74, 6) is -0.396. The molecule has 0 radical (unpaired) electrons. The van der Waals surface area contributed by atoms with Crippen molar-refractivity contribution >= 4 is 27.8 Å². The lowest BCUT2D eigenvalue weighted by Crippen LogP contribution is -2.41. The minimum absolute atomic E-state index is 0.116. The number of ether oxygens (including phenoxy) is 1. The van der Waals surface area contributed by atoms with E-state index >= 15 is 0 Å². The highest BCUT2D eigenvalue weighted by molar-refractivity contribution is 9.10. The van der Waals surface area contributed by atoms with Crippen molar-refractivity contribution in [1.82, 2.24) is 4.90 Å². The summed E-state index contributed by atoms with van der Waals surface area (Å²) in [7, 11) is 0. The molecule has 0 unspecified atom stereocenters. The second kappa shape index (κ2) is 7.01. The SMILES string of the molecule is O=C(O)c1cc(Br)cc(C(=O)N2CCC(OCC3CC3)CC2)c1. The number of carboxylic acid groups (broad SMARTS) is 1. The summed E-state index contributed by atoms with van der Waals surface area (Å²) >= 11 is 3.27. The van der Waals surface area contributed by atoms with Crippen molar-refractivity contribution in [3.63, 3.8) is 0 Å². The highest BCUT2D eigenvalue weighted by Crippen LogP contribution is 2.30. The molecule has 2 aliphatic rings. The molecule has 3 rings (SSSR count). The molecule has 0 bridgehead atoms. The van der Waals surface area contributed by atoms with Gasteiger partial charge in [0, 0.05) is 29.7 Å². The minimum atomic E-state index is -1.03. The summed E-state index contributed by atoms with van der Waals surface area (Å²) in [5.41, 5.74) is 0.527. The Morgan fingerprint density at radius 1 is 1.13 bits per heavy atom. The van der Waals surface area contributed by atoms with Gasteiger partial charge in [0.25, 0.3) is 5.91 Å². The highest BCUT2D eigenvalue weighted by Gasteiger charge is 2.27. The maximum absolute atomic E-state index is 12.6. The first-order chi connectivity index (χ1) is 11.0. The third kappa shape index (κ3) is 4.32. The monoisotopic (exact) mass is 381 g/mol. The smallest absolute Gasteiger partial charge is 0.335 e. The molecular formula is C17H20BrNO4. The average molecular weight is 382 g/mol. The van der Waals surface area contributed by atoms with Gasteiger partial charge in [-0.15, -0.1) is 0 Å². The molecule has 1 aromatic carbocycles. The lowest BCUT2D eigenvalue weighted by atomic mass is 10.0. The summed E-state index contributed by atoms with van der Waals surface area (Å²) in [6.45, 7) is 2.17. The van der Waals surface area contributed by atoms with Gasteiger partial charge in [0.05, 0.1) is 11.7 Å². The molecule has 1 saturated heterocycles. The summed E-state index contributed by atoms with van der Waals surface area (Å²) < 4.78 is 6.49. The van der Waals surface area contributed by atoms with Gasteiger partial charge in [-0.05, 0) is 49.8 Å². The predicted molar refractivity (Wildman–Crippen MR) is 88.7 cm³/mol. The summed E-state index contributed by atoms with van der Waals surface area (Å²) in [5, 5.41) is 9.11. The molecule has 0 spiro atoms. The van der Waals surface area contributed by atoms with Crippen LogP contribution < -0.4 is 0 Å². The van der Waals surface area contributed by atoms with Gasteiger partial charge in [-0.1, -0.05) is 15.9 Å². The number of carbonyl (C=O) groups is 2. The molecule has 1 aromatic rings. The van der Waals surface area contributed by atoms with Crippen LogP contribution in [0.5, 0.6) is 0 Å². The number of likely N-dealkylation sites (tertiary alicyclic amines) is 1. The van der Waals surface area contributed by atoms with Crippen LogP contribution in [0.3, 0.4) is 0 Å². The minimum Gasteiger partial charge on any atom is -0.478 e. The molecular weight excluding hydrogens is 362 g/mol. The fraction of sp³-hybridized carbons (Fsp3) is 0.529. The molecule has 0 aromatic heterocycles. The first kappa shape index (κ1) is 16.5. The maximum atomic E-state index is 12.6. The van der Waals surface area contributed by atoms with E-state index in [4.69, 9.17) is 9.84 Å². The average Bonchev–Trinajstić information content (AvgIpc) is 3.36. The molecule has 0 atom stereocenters. The van der Waals surface area contributed by atoms with E-state index in [0.717, 1.165) is 25.4 Å². The Bertz CT molecular complexity index is 607. The third-order valence-corrected chi connectivity index (χ3v) is 4.84. The van der Waals surface area contributed by atoms with E-state index in [2.05, 4.69) is 15.9 Å². The zero-order valence-corrected chi connectivity index (χ0v) is 14.4. The van der Waals surface area contributed by atoms with E-state index in [1.165, 1.54) is 25.0 Å². The molecule has 1 saturated carbocycles. The van der Waals surface area contributed by atoms with Crippen molar-refractivity contribution < 1.29 is 19.4 Å². The van der Waals surface area contributed by atoms with Crippen molar-refractivity contribution in [2.45, 2.75) is 31.8 Å². The fourth-order valence-corrected chi connectivity index (χ4v) is 3.29. The van der Waals surface area contributed by atoms with Gasteiger partial charge in [0.1, 0.15) is 0 Å². The van der Waals surface area contributed by atoms with Gasteiger partial charge < -0.3 is 14.7 Å². The Balaban J connectivity index is 1.59. The Morgan fingerprint density at radius 3 is 2.39 bits per heavy atom. The highest BCUT2D eigenvalue weighted by atomic mass is 79.9. The molecule has 1 aliphatic heterocycles. The molecule has 5 nitrogen and oxygen atoms in total. The van der Waals surface area contributed by atoms with E-state index in [1.807, 2.05) is 0 Å². The van der Waals surface area contributed by atoms with Crippen LogP contribution in [0.1, 0.15) is 46.4 Å². The molecule has 1 amide bonds. The molecule has 6 heteroatoms. The van der Waals surface area contributed by atoms with Gasteiger partial charge in [-0.2, -0.15) is 0 Å². The van der Waals surface area contributed by atoms with E-state index in [-0.39, 0.29) is 17.6 Å². The quantitative estimate of drug-likeness (QED) is 0.850. The van der Waals surface area contributed by atoms with E-state index in [1.54, 1.807) is 11.0 Å². The van der Waals surface area contributed by atoms with Crippen LogP contribution in [0.2, 0.25) is 0 Å². The number of carbonyl (C=O) groups excluding carboxylic acids is 1. The summed E-state index contributed by atoms with van der Waals surface area (Å²) in [6.07, 6.45) is 4.51. The Morgan fingerprint density at radius 2 is 1.78 bits per heavy atom. The molecule has 124 valence electrons. The van der Waals surface area contributed by atoms with Crippen LogP contribution in [-0.2, 0) is 4.74 Å². The van der Waals surface area contributed by atoms with Gasteiger partial charge in [0.2, 0.25) is 0 Å². The zero-order valence-electron chi connectivity index (χ0n) is 12.8. The van der Waals surface area contributed by atoms with Gasteiger partial charge in [-0.25, -0.2) is 4.79 Å². The molecule has 23 heavy (non-hydrogen) atoms. The van der Waals surface area contributed by atoms with Crippen LogP contribution in [0.4, 0.5) is 0 Å². The van der Waals surface area contributed by atoms with E-state index in [0.29, 0.717) is 23.1 Å². The van der Waals surface area contributed by atoms with Crippen molar-refractivity contribution in [2.24, 2.45) is 5.92 Å². The van der Waals surface area contributed by atoms with Crippen molar-refractivity contribution in [3.8, 4) is 0 Å². The Kier molecular flexibility index (Phi) is 5.02. The second-order valence-electron chi connectivity index (χ2n) is 6.30. The molecule has 2 fully saturated rings.